The molecule has 0 spiro atoms. The molecule has 0 unspecified atom stereocenters. The van der Waals surface area contributed by atoms with E-state index >= 15 is 0 Å². The van der Waals surface area contributed by atoms with Gasteiger partial charge in [0.2, 0.25) is 5.79 Å². The Morgan fingerprint density at radius 3 is 2.94 bits per heavy atom. The zero-order valence-electron chi connectivity index (χ0n) is 9.74. The lowest BCUT2D eigenvalue weighted by molar-refractivity contribution is -0.177. The molecule has 0 aromatic carbocycles. The lowest BCUT2D eigenvalue weighted by Crippen LogP contribution is -2.26. The number of ether oxygens (including phenoxy) is 2. The normalized spacial score (nSPS) is 23.7. The molecule has 16 heavy (non-hydrogen) atoms. The van der Waals surface area contributed by atoms with Crippen LogP contribution in [0.25, 0.3) is 0 Å². The van der Waals surface area contributed by atoms with Gasteiger partial charge in [0.1, 0.15) is 5.76 Å². The number of carbonyl (C=O) groups is 1. The van der Waals surface area contributed by atoms with Gasteiger partial charge in [0.25, 0.3) is 0 Å². The van der Waals surface area contributed by atoms with Gasteiger partial charge in [-0.1, -0.05) is 0 Å². The number of allylic oxidation sites excluding steroid dienone is 3. The first-order chi connectivity index (χ1) is 7.52. The minimum Gasteiger partial charge on any atom is -0.465 e. The highest BCUT2D eigenvalue weighted by molar-refractivity contribution is 6.03. The Labute approximate surface area is 94.6 Å². The van der Waals surface area contributed by atoms with E-state index in [0.29, 0.717) is 18.6 Å². The van der Waals surface area contributed by atoms with Crippen LogP contribution in [0.4, 0.5) is 0 Å². The van der Waals surface area contributed by atoms with Crippen LogP contribution in [0.3, 0.4) is 0 Å². The van der Waals surface area contributed by atoms with Crippen molar-refractivity contribution in [3.63, 3.8) is 0 Å². The fourth-order valence-corrected chi connectivity index (χ4v) is 1.70. The van der Waals surface area contributed by atoms with E-state index in [1.54, 1.807) is 6.21 Å². The molecule has 2 aliphatic rings. The van der Waals surface area contributed by atoms with Gasteiger partial charge in [-0.25, -0.2) is 0 Å². The third kappa shape index (κ3) is 2.07. The molecule has 0 aliphatic carbocycles. The summed E-state index contributed by atoms with van der Waals surface area (Å²) in [5.74, 6) is 0.116. The van der Waals surface area contributed by atoms with Crippen molar-refractivity contribution in [3.05, 3.63) is 22.6 Å². The van der Waals surface area contributed by atoms with E-state index in [2.05, 4.69) is 4.99 Å². The summed E-state index contributed by atoms with van der Waals surface area (Å²) in [4.78, 5) is 15.1. The number of rotatable bonds is 1. The number of hydrogen-bond donors (Lipinski definition) is 0. The first-order valence-corrected chi connectivity index (χ1v) is 5.26. The third-order valence-corrected chi connectivity index (χ3v) is 2.67. The molecule has 4 heteroatoms. The van der Waals surface area contributed by atoms with Crippen molar-refractivity contribution in [1.29, 1.82) is 0 Å². The second-order valence-corrected chi connectivity index (χ2v) is 4.41. The van der Waals surface area contributed by atoms with E-state index in [4.69, 9.17) is 9.47 Å². The lowest BCUT2D eigenvalue weighted by Gasteiger charge is -2.25. The Bertz CT molecular complexity index is 416. The highest BCUT2D eigenvalue weighted by Crippen LogP contribution is 2.31. The van der Waals surface area contributed by atoms with Crippen molar-refractivity contribution in [2.75, 3.05) is 6.61 Å². The molecule has 0 aromatic rings. The molecule has 2 bridgehead atoms. The van der Waals surface area contributed by atoms with Crippen molar-refractivity contribution in [1.82, 2.24) is 0 Å². The molecule has 2 aliphatic heterocycles. The maximum Gasteiger partial charge on any atom is 0.204 e. The number of aliphatic imine (C=N–C) groups is 1. The molecular weight excluding hydrogens is 206 g/mol. The number of nitrogens with zero attached hydrogens (tertiary/aromatic N) is 1. The topological polar surface area (TPSA) is 47.9 Å². The summed E-state index contributed by atoms with van der Waals surface area (Å²) in [5, 5.41) is 0. The van der Waals surface area contributed by atoms with Crippen LogP contribution in [0.1, 0.15) is 27.2 Å². The molecule has 0 aromatic heterocycles. The maximum atomic E-state index is 10.9. The molecule has 0 amide bonds. The van der Waals surface area contributed by atoms with Gasteiger partial charge in [-0.2, -0.15) is 0 Å². The molecule has 1 fully saturated rings. The first-order valence-electron chi connectivity index (χ1n) is 5.26. The SMILES string of the molecule is CC1=C2CC(=C(C=O)C=N1)COC(C)(C)O2. The van der Waals surface area contributed by atoms with Crippen molar-refractivity contribution in [2.24, 2.45) is 4.99 Å². The van der Waals surface area contributed by atoms with Gasteiger partial charge < -0.3 is 9.47 Å². The number of fused-ring (bicyclic) bond motifs is 2. The van der Waals surface area contributed by atoms with Gasteiger partial charge in [0.05, 0.1) is 12.3 Å². The Balaban J connectivity index is 2.47. The molecule has 0 saturated carbocycles. The molecule has 0 radical (unpaired) electrons. The maximum absolute atomic E-state index is 10.9. The summed E-state index contributed by atoms with van der Waals surface area (Å²) in [6.07, 6.45) is 3.00. The van der Waals surface area contributed by atoms with Crippen LogP contribution in [0, 0.1) is 0 Å². The highest BCUT2D eigenvalue weighted by Gasteiger charge is 2.29. The molecule has 4 nitrogen and oxygen atoms in total. The van der Waals surface area contributed by atoms with Crippen molar-refractivity contribution < 1.29 is 14.3 Å². The Hall–Kier alpha value is -1.42. The van der Waals surface area contributed by atoms with Crippen LogP contribution in [-0.4, -0.2) is 24.9 Å². The van der Waals surface area contributed by atoms with Gasteiger partial charge in [0.15, 0.2) is 6.29 Å². The number of aldehydes is 1. The van der Waals surface area contributed by atoms with Crippen LogP contribution in [0.5, 0.6) is 0 Å². The largest absolute Gasteiger partial charge is 0.465 e. The van der Waals surface area contributed by atoms with Crippen LogP contribution >= 0.6 is 0 Å². The average molecular weight is 221 g/mol. The minimum absolute atomic E-state index is 0.407. The Kier molecular flexibility index (Phi) is 2.68. The molecule has 1 saturated heterocycles. The Morgan fingerprint density at radius 2 is 2.25 bits per heavy atom. The van der Waals surface area contributed by atoms with Crippen LogP contribution < -0.4 is 0 Å². The molecular formula is C12H15NO3. The second kappa shape index (κ2) is 3.87. The molecule has 86 valence electrons. The first kappa shape index (κ1) is 11.1. The fraction of sp³-hybridized carbons (Fsp3) is 0.500. The zero-order chi connectivity index (χ0) is 11.8. The van der Waals surface area contributed by atoms with Crippen LogP contribution in [0.2, 0.25) is 0 Å². The van der Waals surface area contributed by atoms with E-state index in [-0.39, 0.29) is 0 Å². The van der Waals surface area contributed by atoms with Crippen molar-refractivity contribution in [2.45, 2.75) is 33.0 Å². The predicted molar refractivity (Wildman–Crippen MR) is 60.0 cm³/mol. The zero-order valence-corrected chi connectivity index (χ0v) is 9.74. The van der Waals surface area contributed by atoms with Crippen molar-refractivity contribution >= 4 is 12.5 Å². The summed E-state index contributed by atoms with van der Waals surface area (Å²) in [5.41, 5.74) is 2.32. The van der Waals surface area contributed by atoms with Gasteiger partial charge in [-0.15, -0.1) is 0 Å². The van der Waals surface area contributed by atoms with Gasteiger partial charge in [-0.3, -0.25) is 9.79 Å². The van der Waals surface area contributed by atoms with E-state index in [1.807, 2.05) is 20.8 Å². The molecule has 0 atom stereocenters. The third-order valence-electron chi connectivity index (χ3n) is 2.67. The van der Waals surface area contributed by atoms with Gasteiger partial charge in [-0.05, 0) is 12.5 Å². The Morgan fingerprint density at radius 1 is 1.50 bits per heavy atom. The predicted octanol–water partition coefficient (Wildman–Crippen LogP) is 1.97. The number of hydrogen-bond acceptors (Lipinski definition) is 4. The molecule has 2 rings (SSSR count). The summed E-state index contributed by atoms with van der Waals surface area (Å²) >= 11 is 0. The van der Waals surface area contributed by atoms with E-state index in [9.17, 15) is 4.79 Å². The van der Waals surface area contributed by atoms with Gasteiger partial charge >= 0.3 is 0 Å². The summed E-state index contributed by atoms with van der Waals surface area (Å²) in [7, 11) is 0. The monoisotopic (exact) mass is 221 g/mol. The van der Waals surface area contributed by atoms with Crippen LogP contribution in [0.15, 0.2) is 27.6 Å². The van der Waals surface area contributed by atoms with Crippen LogP contribution in [-0.2, 0) is 14.3 Å². The van der Waals surface area contributed by atoms with E-state index in [1.165, 1.54) is 0 Å². The van der Waals surface area contributed by atoms with E-state index < -0.39 is 5.79 Å². The highest BCUT2D eigenvalue weighted by atomic mass is 16.7. The quantitative estimate of drug-likeness (QED) is 0.636. The number of carbonyl (C=O) groups excluding carboxylic acids is 1. The van der Waals surface area contributed by atoms with Gasteiger partial charge in [0, 0.05) is 32.1 Å². The summed E-state index contributed by atoms with van der Waals surface area (Å²) in [6.45, 7) is 5.99. The molecule has 2 heterocycles. The standard InChI is InChI=1S/C12H15NO3/c1-8-11-4-9(10(6-14)5-13-8)7-15-12(2,3)16-11/h5-6H,4,7H2,1-3H3. The lowest BCUT2D eigenvalue weighted by atomic mass is 10.1. The second-order valence-electron chi connectivity index (χ2n) is 4.41. The fourth-order valence-electron chi connectivity index (χ4n) is 1.70. The minimum atomic E-state index is -0.667. The van der Waals surface area contributed by atoms with Crippen molar-refractivity contribution in [3.8, 4) is 0 Å². The van der Waals surface area contributed by atoms with E-state index in [0.717, 1.165) is 23.3 Å². The smallest absolute Gasteiger partial charge is 0.204 e. The summed E-state index contributed by atoms with van der Waals surface area (Å²) in [6, 6.07) is 0. The summed E-state index contributed by atoms with van der Waals surface area (Å²) < 4.78 is 11.4. The average Bonchev–Trinajstić information content (AvgIpc) is 2.46. The molecule has 0 N–H and O–H groups in total.